The molecule has 0 fully saturated rings. The molecule has 3 nitrogen and oxygen atoms in total. The van der Waals surface area contributed by atoms with E-state index in [2.05, 4.69) is 31.3 Å². The highest BCUT2D eigenvalue weighted by Gasteiger charge is 2.02. The minimum Gasteiger partial charge on any atom is -0.312 e. The molecule has 0 heterocycles. The molecule has 1 aromatic rings. The summed E-state index contributed by atoms with van der Waals surface area (Å²) in [6, 6.07) is 6.17. The zero-order chi connectivity index (χ0) is 12.2. The Morgan fingerprint density at radius 1 is 1.25 bits per heavy atom. The van der Waals surface area contributed by atoms with Crippen LogP contribution >= 0.6 is 0 Å². The number of hydrogen-bond acceptors (Lipinski definition) is 3. The highest BCUT2D eigenvalue weighted by Crippen LogP contribution is 2.11. The first-order chi connectivity index (χ1) is 7.40. The van der Waals surface area contributed by atoms with E-state index in [1.165, 1.54) is 22.9 Å². The van der Waals surface area contributed by atoms with Crippen LogP contribution in [0.25, 0.3) is 0 Å². The van der Waals surface area contributed by atoms with Crippen LogP contribution in [0.4, 0.5) is 0 Å². The largest absolute Gasteiger partial charge is 0.312 e. The Balaban J connectivity index is 2.47. The molecular weight excluding hydrogens is 222 g/mol. The van der Waals surface area contributed by atoms with Crippen LogP contribution in [-0.2, 0) is 16.4 Å². The normalized spacial score (nSPS) is 11.7. The van der Waals surface area contributed by atoms with E-state index in [1.807, 2.05) is 6.07 Å². The molecule has 4 heteroatoms. The summed E-state index contributed by atoms with van der Waals surface area (Å²) in [5.41, 5.74) is 3.77. The predicted molar refractivity (Wildman–Crippen MR) is 67.3 cm³/mol. The van der Waals surface area contributed by atoms with Crippen LogP contribution < -0.4 is 5.32 Å². The van der Waals surface area contributed by atoms with Gasteiger partial charge in [-0.15, -0.1) is 0 Å². The van der Waals surface area contributed by atoms with Crippen molar-refractivity contribution in [2.45, 2.75) is 20.4 Å². The van der Waals surface area contributed by atoms with Gasteiger partial charge in [-0.2, -0.15) is 0 Å². The van der Waals surface area contributed by atoms with Gasteiger partial charge in [0.15, 0.2) is 0 Å². The molecular formula is C12H19NO2S. The molecule has 16 heavy (non-hydrogen) atoms. The summed E-state index contributed by atoms with van der Waals surface area (Å²) in [4.78, 5) is 0. The summed E-state index contributed by atoms with van der Waals surface area (Å²) in [7, 11) is -2.86. The lowest BCUT2D eigenvalue weighted by Crippen LogP contribution is -2.22. The van der Waals surface area contributed by atoms with Crippen molar-refractivity contribution in [3.05, 3.63) is 34.9 Å². The molecule has 0 aromatic heterocycles. The van der Waals surface area contributed by atoms with E-state index >= 15 is 0 Å². The summed E-state index contributed by atoms with van der Waals surface area (Å²) in [6.07, 6.45) is 1.26. The van der Waals surface area contributed by atoms with Crippen LogP contribution in [0.3, 0.4) is 0 Å². The van der Waals surface area contributed by atoms with E-state index in [0.29, 0.717) is 6.54 Å². The molecule has 0 aliphatic carbocycles. The lowest BCUT2D eigenvalue weighted by atomic mass is 10.0. The maximum Gasteiger partial charge on any atom is 0.148 e. The summed E-state index contributed by atoms with van der Waals surface area (Å²) >= 11 is 0. The third-order valence-corrected chi connectivity index (χ3v) is 3.63. The average molecular weight is 241 g/mol. The Morgan fingerprint density at radius 3 is 2.56 bits per heavy atom. The van der Waals surface area contributed by atoms with Crippen LogP contribution in [-0.4, -0.2) is 27.0 Å². The summed E-state index contributed by atoms with van der Waals surface area (Å²) in [6.45, 7) is 5.40. The van der Waals surface area contributed by atoms with Gasteiger partial charge < -0.3 is 5.32 Å². The number of nitrogens with one attached hydrogen (secondary N) is 1. The molecule has 0 spiro atoms. The molecule has 0 saturated carbocycles. The predicted octanol–water partition coefficient (Wildman–Crippen LogP) is 1.44. The van der Waals surface area contributed by atoms with Crippen molar-refractivity contribution in [2.24, 2.45) is 0 Å². The molecule has 0 aliphatic heterocycles. The van der Waals surface area contributed by atoms with Crippen molar-refractivity contribution in [1.29, 1.82) is 0 Å². The summed E-state index contributed by atoms with van der Waals surface area (Å²) in [5.74, 6) is 0.192. The highest BCUT2D eigenvalue weighted by molar-refractivity contribution is 7.90. The van der Waals surface area contributed by atoms with Gasteiger partial charge in [-0.05, 0) is 30.5 Å². The van der Waals surface area contributed by atoms with Crippen LogP contribution in [0, 0.1) is 13.8 Å². The van der Waals surface area contributed by atoms with Gasteiger partial charge in [-0.25, -0.2) is 8.42 Å². The fourth-order valence-electron chi connectivity index (χ4n) is 1.48. The van der Waals surface area contributed by atoms with Gasteiger partial charge in [0.05, 0.1) is 5.75 Å². The first-order valence-corrected chi connectivity index (χ1v) is 7.40. The first-order valence-electron chi connectivity index (χ1n) is 5.33. The third kappa shape index (κ3) is 4.33. The molecule has 1 aromatic carbocycles. The molecule has 0 saturated heterocycles. The average Bonchev–Trinajstić information content (AvgIpc) is 2.17. The van der Waals surface area contributed by atoms with Gasteiger partial charge in [0.1, 0.15) is 9.84 Å². The molecule has 0 atom stereocenters. The lowest BCUT2D eigenvalue weighted by molar-refractivity contribution is 0.596. The Hall–Kier alpha value is -0.870. The lowest BCUT2D eigenvalue weighted by Gasteiger charge is -2.09. The van der Waals surface area contributed by atoms with E-state index < -0.39 is 9.84 Å². The van der Waals surface area contributed by atoms with Crippen LogP contribution in [0.2, 0.25) is 0 Å². The second-order valence-corrected chi connectivity index (χ2v) is 6.43. The van der Waals surface area contributed by atoms with Crippen molar-refractivity contribution in [3.8, 4) is 0 Å². The van der Waals surface area contributed by atoms with E-state index in [9.17, 15) is 8.42 Å². The standard InChI is InChI=1S/C12H19NO2S/c1-10-5-4-6-12(11(10)2)9-13-7-8-16(3,14)15/h4-6,13H,7-9H2,1-3H3. The van der Waals surface area contributed by atoms with Gasteiger partial charge in [-0.3, -0.25) is 0 Å². The Morgan fingerprint density at radius 2 is 1.94 bits per heavy atom. The highest BCUT2D eigenvalue weighted by atomic mass is 32.2. The second kappa shape index (κ2) is 5.46. The maximum absolute atomic E-state index is 10.9. The van der Waals surface area contributed by atoms with Gasteiger partial charge >= 0.3 is 0 Å². The minimum atomic E-state index is -2.86. The number of sulfone groups is 1. The number of hydrogen-bond donors (Lipinski definition) is 1. The molecule has 0 amide bonds. The zero-order valence-corrected chi connectivity index (χ0v) is 10.9. The molecule has 1 N–H and O–H groups in total. The van der Waals surface area contributed by atoms with Gasteiger partial charge in [0, 0.05) is 19.3 Å². The number of aryl methyl sites for hydroxylation is 1. The minimum absolute atomic E-state index is 0.192. The van der Waals surface area contributed by atoms with Gasteiger partial charge in [0.2, 0.25) is 0 Å². The van der Waals surface area contributed by atoms with Crippen LogP contribution in [0.15, 0.2) is 18.2 Å². The summed E-state index contributed by atoms with van der Waals surface area (Å²) in [5, 5.41) is 3.15. The molecule has 1 rings (SSSR count). The SMILES string of the molecule is Cc1cccc(CNCCS(C)(=O)=O)c1C. The molecule has 90 valence electrons. The van der Waals surface area contributed by atoms with E-state index in [1.54, 1.807) is 0 Å². The Kier molecular flexibility index (Phi) is 4.50. The van der Waals surface area contributed by atoms with Gasteiger partial charge in [0.25, 0.3) is 0 Å². The fraction of sp³-hybridized carbons (Fsp3) is 0.500. The van der Waals surface area contributed by atoms with E-state index in [-0.39, 0.29) is 5.75 Å². The number of benzene rings is 1. The molecule has 0 bridgehead atoms. The maximum atomic E-state index is 10.9. The molecule has 0 unspecified atom stereocenters. The smallest absolute Gasteiger partial charge is 0.148 e. The molecule has 0 radical (unpaired) electrons. The number of rotatable bonds is 5. The Labute approximate surface area is 97.8 Å². The zero-order valence-electron chi connectivity index (χ0n) is 10.1. The topological polar surface area (TPSA) is 46.2 Å². The van der Waals surface area contributed by atoms with E-state index in [0.717, 1.165) is 6.54 Å². The van der Waals surface area contributed by atoms with Crippen molar-refractivity contribution in [2.75, 3.05) is 18.6 Å². The quantitative estimate of drug-likeness (QED) is 0.793. The van der Waals surface area contributed by atoms with Crippen LogP contribution in [0.1, 0.15) is 16.7 Å². The van der Waals surface area contributed by atoms with Crippen molar-refractivity contribution < 1.29 is 8.42 Å². The summed E-state index contributed by atoms with van der Waals surface area (Å²) < 4.78 is 21.8. The molecule has 0 aliphatic rings. The monoisotopic (exact) mass is 241 g/mol. The van der Waals surface area contributed by atoms with Crippen molar-refractivity contribution in [3.63, 3.8) is 0 Å². The van der Waals surface area contributed by atoms with Crippen molar-refractivity contribution in [1.82, 2.24) is 5.32 Å². The van der Waals surface area contributed by atoms with Gasteiger partial charge in [-0.1, -0.05) is 18.2 Å². The fourth-order valence-corrected chi connectivity index (χ4v) is 2.00. The Bertz CT molecular complexity index is 452. The van der Waals surface area contributed by atoms with Crippen molar-refractivity contribution >= 4 is 9.84 Å². The second-order valence-electron chi connectivity index (χ2n) is 4.17. The third-order valence-electron chi connectivity index (χ3n) is 2.68. The van der Waals surface area contributed by atoms with E-state index in [4.69, 9.17) is 0 Å². The first kappa shape index (κ1) is 13.2. The van der Waals surface area contributed by atoms with Crippen LogP contribution in [0.5, 0.6) is 0 Å².